The highest BCUT2D eigenvalue weighted by Gasteiger charge is 2.18. The molecule has 0 unspecified atom stereocenters. The van der Waals surface area contributed by atoms with Gasteiger partial charge < -0.3 is 11.1 Å². The van der Waals surface area contributed by atoms with E-state index in [1.807, 2.05) is 43.3 Å². The van der Waals surface area contributed by atoms with Gasteiger partial charge >= 0.3 is 0 Å². The van der Waals surface area contributed by atoms with Gasteiger partial charge in [0.15, 0.2) is 17.4 Å². The van der Waals surface area contributed by atoms with Crippen LogP contribution in [0.15, 0.2) is 77.3 Å². The van der Waals surface area contributed by atoms with Crippen LogP contribution in [-0.4, -0.2) is 5.84 Å². The summed E-state index contributed by atoms with van der Waals surface area (Å²) < 4.78 is 0. The summed E-state index contributed by atoms with van der Waals surface area (Å²) in [7, 11) is 0. The fourth-order valence-corrected chi connectivity index (χ4v) is 3.13. The molecule has 0 aromatic heterocycles. The average Bonchev–Trinajstić information content (AvgIpc) is 3.16. The Hall–Kier alpha value is -3.71. The first-order valence-corrected chi connectivity index (χ1v) is 9.30. The molecule has 0 amide bonds. The molecule has 3 aromatic carbocycles. The minimum Gasteiger partial charge on any atom is -0.379 e. The van der Waals surface area contributed by atoms with Gasteiger partial charge in [-0.1, -0.05) is 54.1 Å². The van der Waals surface area contributed by atoms with E-state index in [0.29, 0.717) is 18.1 Å². The predicted molar refractivity (Wildman–Crippen MR) is 114 cm³/mol. The van der Waals surface area contributed by atoms with Gasteiger partial charge in [0.1, 0.15) is 6.61 Å². The number of amidine groups is 1. The van der Waals surface area contributed by atoms with Crippen molar-refractivity contribution < 1.29 is 9.78 Å². The highest BCUT2D eigenvalue weighted by molar-refractivity contribution is 5.97. The number of rotatable bonds is 6. The number of anilines is 1. The van der Waals surface area contributed by atoms with E-state index in [1.165, 1.54) is 16.3 Å². The second-order valence-corrected chi connectivity index (χ2v) is 6.88. The van der Waals surface area contributed by atoms with Gasteiger partial charge in [-0.05, 0) is 53.0 Å². The maximum atomic E-state index is 5.91. The first-order valence-electron chi connectivity index (χ1n) is 9.30. The van der Waals surface area contributed by atoms with Gasteiger partial charge in [-0.2, -0.15) is 5.48 Å². The summed E-state index contributed by atoms with van der Waals surface area (Å²) in [5.41, 5.74) is 16.3. The minimum absolute atomic E-state index is 0.219. The standard InChI is InChI=1S/C22H23N5O2/c1-14-7-11-17(12-8-14)24-22(20-21(23)26-29-25-20)27-28-13-19-15(2)9-10-16-5-3-4-6-18(16)19/h3-12,24-25,27H,13H2,1-2H3,(H2,23,26). The molecule has 0 bridgehead atoms. The van der Waals surface area contributed by atoms with Crippen LogP contribution in [0.2, 0.25) is 0 Å². The lowest BCUT2D eigenvalue weighted by Gasteiger charge is -2.17. The Morgan fingerprint density at radius 1 is 1.07 bits per heavy atom. The molecule has 0 saturated heterocycles. The molecule has 0 fully saturated rings. The van der Waals surface area contributed by atoms with Gasteiger partial charge in [-0.3, -0.25) is 9.78 Å². The van der Waals surface area contributed by atoms with E-state index in [-0.39, 0.29) is 5.84 Å². The molecule has 0 aliphatic carbocycles. The molecule has 1 heterocycles. The fourth-order valence-electron chi connectivity index (χ4n) is 3.13. The largest absolute Gasteiger partial charge is 0.379 e. The average molecular weight is 389 g/mol. The van der Waals surface area contributed by atoms with Gasteiger partial charge in [0.05, 0.1) is 0 Å². The van der Waals surface area contributed by atoms with Crippen LogP contribution < -0.4 is 22.0 Å². The van der Waals surface area contributed by atoms with E-state index in [9.17, 15) is 0 Å². The van der Waals surface area contributed by atoms with Crippen molar-refractivity contribution in [3.05, 3.63) is 88.9 Å². The second-order valence-electron chi connectivity index (χ2n) is 6.88. The highest BCUT2D eigenvalue weighted by Crippen LogP contribution is 2.23. The van der Waals surface area contributed by atoms with Crippen molar-refractivity contribution in [3.63, 3.8) is 0 Å². The smallest absolute Gasteiger partial charge is 0.196 e. The number of oxime groups is 1. The highest BCUT2D eigenvalue weighted by atomic mass is 16.8. The Kier molecular flexibility index (Phi) is 5.22. The van der Waals surface area contributed by atoms with Crippen molar-refractivity contribution in [1.29, 1.82) is 0 Å². The van der Waals surface area contributed by atoms with Crippen LogP contribution in [0, 0.1) is 13.8 Å². The summed E-state index contributed by atoms with van der Waals surface area (Å²) in [5, 5.41) is 9.30. The molecule has 7 heteroatoms. The number of nitrogens with two attached hydrogens (primary N) is 1. The van der Waals surface area contributed by atoms with E-state index in [4.69, 9.17) is 15.5 Å². The predicted octanol–water partition coefficient (Wildman–Crippen LogP) is 3.57. The zero-order chi connectivity index (χ0) is 20.2. The maximum Gasteiger partial charge on any atom is 0.196 e. The SMILES string of the molecule is Cc1ccc(NC(NOCc2c(C)ccc3ccccc23)=C2NON=C2N)cc1. The van der Waals surface area contributed by atoms with Crippen LogP contribution in [0.5, 0.6) is 0 Å². The molecule has 0 saturated carbocycles. The van der Waals surface area contributed by atoms with E-state index in [2.05, 4.69) is 52.6 Å². The maximum absolute atomic E-state index is 5.91. The normalized spacial score (nSPS) is 14.8. The van der Waals surface area contributed by atoms with Crippen molar-refractivity contribution in [2.45, 2.75) is 20.5 Å². The Balaban J connectivity index is 1.54. The van der Waals surface area contributed by atoms with Gasteiger partial charge in [0.2, 0.25) is 0 Å². The summed E-state index contributed by atoms with van der Waals surface area (Å²) in [6, 6.07) is 20.4. The molecule has 4 rings (SSSR count). The molecule has 29 heavy (non-hydrogen) atoms. The third-order valence-electron chi connectivity index (χ3n) is 4.78. The van der Waals surface area contributed by atoms with Crippen LogP contribution in [-0.2, 0) is 16.4 Å². The number of fused-ring (bicyclic) bond motifs is 1. The molecule has 0 spiro atoms. The fraction of sp³-hybridized carbons (Fsp3) is 0.136. The topological polar surface area (TPSA) is 92.9 Å². The summed E-state index contributed by atoms with van der Waals surface area (Å²) in [4.78, 5) is 10.7. The van der Waals surface area contributed by atoms with Crippen LogP contribution in [0.1, 0.15) is 16.7 Å². The third kappa shape index (κ3) is 4.09. The molecule has 0 atom stereocenters. The van der Waals surface area contributed by atoms with Gasteiger partial charge in [-0.15, -0.1) is 0 Å². The second kappa shape index (κ2) is 8.12. The first kappa shape index (κ1) is 18.6. The number of benzene rings is 3. The lowest BCUT2D eigenvalue weighted by atomic mass is 10.0. The van der Waals surface area contributed by atoms with Gasteiger partial charge in [-0.25, -0.2) is 5.48 Å². The Bertz CT molecular complexity index is 1090. The van der Waals surface area contributed by atoms with E-state index in [0.717, 1.165) is 16.8 Å². The monoisotopic (exact) mass is 389 g/mol. The van der Waals surface area contributed by atoms with Crippen LogP contribution >= 0.6 is 0 Å². The molecule has 1 aliphatic rings. The Labute approximate surface area is 169 Å². The van der Waals surface area contributed by atoms with Crippen molar-refractivity contribution >= 4 is 22.3 Å². The molecular formula is C22H23N5O2. The molecule has 7 nitrogen and oxygen atoms in total. The zero-order valence-corrected chi connectivity index (χ0v) is 16.3. The number of hydrogen-bond acceptors (Lipinski definition) is 7. The van der Waals surface area contributed by atoms with Crippen LogP contribution in [0.25, 0.3) is 10.8 Å². The zero-order valence-electron chi connectivity index (χ0n) is 16.3. The van der Waals surface area contributed by atoms with Crippen molar-refractivity contribution in [2.75, 3.05) is 5.32 Å². The molecule has 3 aromatic rings. The number of hydrogen-bond donors (Lipinski definition) is 4. The van der Waals surface area contributed by atoms with E-state index >= 15 is 0 Å². The van der Waals surface area contributed by atoms with Gasteiger partial charge in [0.25, 0.3) is 0 Å². The molecular weight excluding hydrogens is 366 g/mol. The lowest BCUT2D eigenvalue weighted by molar-refractivity contribution is 0.0463. The molecule has 1 aliphatic heterocycles. The van der Waals surface area contributed by atoms with Crippen molar-refractivity contribution in [3.8, 4) is 0 Å². The lowest BCUT2D eigenvalue weighted by Crippen LogP contribution is -2.30. The molecule has 5 N–H and O–H groups in total. The number of hydroxylamine groups is 2. The minimum atomic E-state index is 0.219. The third-order valence-corrected chi connectivity index (χ3v) is 4.78. The van der Waals surface area contributed by atoms with E-state index < -0.39 is 0 Å². The molecule has 148 valence electrons. The number of aryl methyl sites for hydroxylation is 2. The van der Waals surface area contributed by atoms with Crippen molar-refractivity contribution in [1.82, 2.24) is 11.0 Å². The van der Waals surface area contributed by atoms with E-state index in [1.54, 1.807) is 0 Å². The summed E-state index contributed by atoms with van der Waals surface area (Å²) in [6.45, 7) is 4.48. The van der Waals surface area contributed by atoms with Gasteiger partial charge in [0, 0.05) is 5.69 Å². The quantitative estimate of drug-likeness (QED) is 0.482. The van der Waals surface area contributed by atoms with Crippen molar-refractivity contribution in [2.24, 2.45) is 10.9 Å². The van der Waals surface area contributed by atoms with Crippen LogP contribution in [0.3, 0.4) is 0 Å². The summed E-state index contributed by atoms with van der Waals surface area (Å²) in [6.07, 6.45) is 0. The Morgan fingerprint density at radius 2 is 1.86 bits per heavy atom. The summed E-state index contributed by atoms with van der Waals surface area (Å²) in [5.74, 6) is 0.725. The van der Waals surface area contributed by atoms with Crippen LogP contribution in [0.4, 0.5) is 5.69 Å². The Morgan fingerprint density at radius 3 is 2.62 bits per heavy atom. The number of nitrogens with zero attached hydrogens (tertiary/aromatic N) is 1. The molecule has 0 radical (unpaired) electrons. The number of nitrogens with one attached hydrogen (secondary N) is 3. The first-order chi connectivity index (χ1) is 14.1. The summed E-state index contributed by atoms with van der Waals surface area (Å²) >= 11 is 0.